The van der Waals surface area contributed by atoms with Gasteiger partial charge in [-0.3, -0.25) is 9.69 Å². The molecule has 5 heteroatoms. The van der Waals surface area contributed by atoms with Crippen LogP contribution in [0.4, 0.5) is 8.78 Å². The number of carbonyl (C=O) groups excluding carboxylic acids is 1. The van der Waals surface area contributed by atoms with E-state index < -0.39 is 11.6 Å². The van der Waals surface area contributed by atoms with Gasteiger partial charge in [0.05, 0.1) is 6.04 Å². The second kappa shape index (κ2) is 8.39. The molecule has 1 atom stereocenters. The summed E-state index contributed by atoms with van der Waals surface area (Å²) in [5, 5.41) is 3.08. The number of hydrogen-bond acceptors (Lipinski definition) is 2. The van der Waals surface area contributed by atoms with Crippen LogP contribution in [0.25, 0.3) is 0 Å². The minimum absolute atomic E-state index is 0.0238. The first-order valence-corrected chi connectivity index (χ1v) is 10.1. The van der Waals surface area contributed by atoms with E-state index in [1.54, 1.807) is 0 Å². The van der Waals surface area contributed by atoms with E-state index in [0.717, 1.165) is 44.1 Å². The molecule has 3 nitrogen and oxygen atoms in total. The molecule has 0 spiro atoms. The van der Waals surface area contributed by atoms with Gasteiger partial charge in [0, 0.05) is 18.5 Å². The highest BCUT2D eigenvalue weighted by Crippen LogP contribution is 2.33. The number of nitrogens with one attached hydrogen (secondary N) is 1. The highest BCUT2D eigenvalue weighted by molar-refractivity contribution is 5.78. The second-order valence-electron chi connectivity index (χ2n) is 8.01. The van der Waals surface area contributed by atoms with Crippen molar-refractivity contribution in [2.75, 3.05) is 19.6 Å². The molecule has 2 aromatic carbocycles. The van der Waals surface area contributed by atoms with Crippen LogP contribution >= 0.6 is 0 Å². The largest absolute Gasteiger partial charge is 0.356 e. The quantitative estimate of drug-likeness (QED) is 0.806. The van der Waals surface area contributed by atoms with E-state index in [9.17, 15) is 13.6 Å². The summed E-state index contributed by atoms with van der Waals surface area (Å²) in [6.45, 7) is 2.24. The van der Waals surface area contributed by atoms with Gasteiger partial charge < -0.3 is 5.32 Å². The van der Waals surface area contributed by atoms with Crippen molar-refractivity contribution in [2.24, 2.45) is 11.8 Å². The Hall–Kier alpha value is -2.27. The Bertz CT molecular complexity index is 794. The lowest BCUT2D eigenvalue weighted by molar-refractivity contribution is -0.126. The molecule has 1 N–H and O–H groups in total. The van der Waals surface area contributed by atoms with Crippen LogP contribution < -0.4 is 5.32 Å². The van der Waals surface area contributed by atoms with E-state index in [-0.39, 0.29) is 17.9 Å². The third-order valence-electron chi connectivity index (χ3n) is 5.84. The van der Waals surface area contributed by atoms with Gasteiger partial charge >= 0.3 is 0 Å². The zero-order valence-electron chi connectivity index (χ0n) is 15.9. The van der Waals surface area contributed by atoms with Crippen molar-refractivity contribution in [3.63, 3.8) is 0 Å². The summed E-state index contributed by atoms with van der Waals surface area (Å²) >= 11 is 0. The summed E-state index contributed by atoms with van der Waals surface area (Å²) in [5.74, 6) is -0.278. The third kappa shape index (κ3) is 4.58. The molecule has 2 aliphatic rings. The topological polar surface area (TPSA) is 32.3 Å². The Morgan fingerprint density at radius 1 is 0.964 bits per heavy atom. The molecule has 1 saturated heterocycles. The van der Waals surface area contributed by atoms with Crippen molar-refractivity contribution in [3.8, 4) is 0 Å². The molecule has 4 rings (SSSR count). The summed E-state index contributed by atoms with van der Waals surface area (Å²) in [6, 6.07) is 13.3. The van der Waals surface area contributed by atoms with Gasteiger partial charge in [0.15, 0.2) is 0 Å². The molecule has 0 bridgehead atoms. The normalized spacial score (nSPS) is 19.4. The lowest BCUT2D eigenvalue weighted by Gasteiger charge is -2.37. The molecule has 0 aromatic heterocycles. The van der Waals surface area contributed by atoms with E-state index in [0.29, 0.717) is 11.5 Å². The molecule has 0 radical (unpaired) electrons. The number of likely N-dealkylation sites (tertiary alicyclic amines) is 1. The smallest absolute Gasteiger partial charge is 0.223 e. The maximum atomic E-state index is 13.9. The molecule has 1 aliphatic carbocycles. The average Bonchev–Trinajstić information content (AvgIpc) is 3.51. The van der Waals surface area contributed by atoms with Crippen molar-refractivity contribution in [2.45, 2.75) is 31.7 Å². The lowest BCUT2D eigenvalue weighted by Crippen LogP contribution is -2.42. The highest BCUT2D eigenvalue weighted by Gasteiger charge is 2.31. The van der Waals surface area contributed by atoms with Crippen LogP contribution in [-0.4, -0.2) is 30.4 Å². The predicted octanol–water partition coefficient (Wildman–Crippen LogP) is 4.29. The van der Waals surface area contributed by atoms with Gasteiger partial charge in [-0.05, 0) is 68.0 Å². The van der Waals surface area contributed by atoms with Gasteiger partial charge in [-0.25, -0.2) is 8.78 Å². The molecule has 1 heterocycles. The van der Waals surface area contributed by atoms with E-state index >= 15 is 0 Å². The summed E-state index contributed by atoms with van der Waals surface area (Å²) in [4.78, 5) is 14.6. The van der Waals surface area contributed by atoms with E-state index in [4.69, 9.17) is 0 Å². The first-order chi connectivity index (χ1) is 13.6. The maximum Gasteiger partial charge on any atom is 0.223 e. The second-order valence-corrected chi connectivity index (χ2v) is 8.01. The number of rotatable bonds is 6. The van der Waals surface area contributed by atoms with Gasteiger partial charge in [0.2, 0.25) is 5.91 Å². The van der Waals surface area contributed by atoms with Gasteiger partial charge in [-0.2, -0.15) is 0 Å². The van der Waals surface area contributed by atoms with Gasteiger partial charge in [-0.15, -0.1) is 0 Å². The number of piperidine rings is 1. The fourth-order valence-electron chi connectivity index (χ4n) is 4.11. The number of nitrogens with zero attached hydrogens (tertiary/aromatic N) is 1. The Morgan fingerprint density at radius 2 is 1.61 bits per heavy atom. The van der Waals surface area contributed by atoms with Crippen molar-refractivity contribution in [1.82, 2.24) is 10.2 Å². The SMILES string of the molecule is O=C(NCC1CC1)C1CCN(C(c2ccccc2)c2cc(F)cc(F)c2)CC1. The van der Waals surface area contributed by atoms with E-state index in [1.165, 1.54) is 25.0 Å². The first-order valence-electron chi connectivity index (χ1n) is 10.1. The van der Waals surface area contributed by atoms with Crippen LogP contribution in [0.1, 0.15) is 42.9 Å². The van der Waals surface area contributed by atoms with Crippen LogP contribution in [-0.2, 0) is 4.79 Å². The lowest BCUT2D eigenvalue weighted by atomic mass is 9.90. The maximum absolute atomic E-state index is 13.9. The average molecular weight is 384 g/mol. The Morgan fingerprint density at radius 3 is 2.21 bits per heavy atom. The molecule has 1 aliphatic heterocycles. The van der Waals surface area contributed by atoms with Crippen LogP contribution in [0.5, 0.6) is 0 Å². The number of amides is 1. The van der Waals surface area contributed by atoms with Gasteiger partial charge in [-0.1, -0.05) is 30.3 Å². The van der Waals surface area contributed by atoms with E-state index in [2.05, 4.69) is 10.2 Å². The summed E-state index contributed by atoms with van der Waals surface area (Å²) in [5.41, 5.74) is 1.62. The van der Waals surface area contributed by atoms with Gasteiger partial charge in [0.25, 0.3) is 0 Å². The first kappa shape index (κ1) is 19.1. The zero-order chi connectivity index (χ0) is 19.5. The fourth-order valence-corrected chi connectivity index (χ4v) is 4.11. The van der Waals surface area contributed by atoms with Crippen LogP contribution in [0, 0.1) is 23.5 Å². The molecule has 1 saturated carbocycles. The summed E-state index contributed by atoms with van der Waals surface area (Å²) in [7, 11) is 0. The van der Waals surface area contributed by atoms with Crippen LogP contribution in [0.2, 0.25) is 0 Å². The molecule has 2 aromatic rings. The highest BCUT2D eigenvalue weighted by atomic mass is 19.1. The summed E-state index contributed by atoms with van der Waals surface area (Å²) in [6.07, 6.45) is 3.97. The van der Waals surface area contributed by atoms with Crippen LogP contribution in [0.15, 0.2) is 48.5 Å². The number of halogens is 2. The predicted molar refractivity (Wildman–Crippen MR) is 105 cm³/mol. The third-order valence-corrected chi connectivity index (χ3v) is 5.84. The zero-order valence-corrected chi connectivity index (χ0v) is 15.9. The standard InChI is InChI=1S/C23H26F2N2O/c24-20-12-19(13-21(25)14-20)22(17-4-2-1-3-5-17)27-10-8-18(9-11-27)23(28)26-15-16-6-7-16/h1-5,12-14,16,18,22H,6-11,15H2,(H,26,28). The Labute approximate surface area is 164 Å². The molecule has 1 amide bonds. The Kier molecular flexibility index (Phi) is 5.72. The molecule has 2 fully saturated rings. The van der Waals surface area contributed by atoms with Crippen molar-refractivity contribution in [3.05, 3.63) is 71.3 Å². The molecule has 148 valence electrons. The Balaban J connectivity index is 1.49. The molecule has 1 unspecified atom stereocenters. The minimum atomic E-state index is -0.565. The molecule has 28 heavy (non-hydrogen) atoms. The van der Waals surface area contributed by atoms with Gasteiger partial charge in [0.1, 0.15) is 11.6 Å². The number of hydrogen-bond donors (Lipinski definition) is 1. The van der Waals surface area contributed by atoms with Crippen molar-refractivity contribution in [1.29, 1.82) is 0 Å². The minimum Gasteiger partial charge on any atom is -0.356 e. The van der Waals surface area contributed by atoms with Crippen LogP contribution in [0.3, 0.4) is 0 Å². The van der Waals surface area contributed by atoms with Crippen molar-refractivity contribution < 1.29 is 13.6 Å². The number of benzene rings is 2. The molecular weight excluding hydrogens is 358 g/mol. The molecular formula is C23H26F2N2O. The van der Waals surface area contributed by atoms with Crippen molar-refractivity contribution >= 4 is 5.91 Å². The number of carbonyl (C=O) groups is 1. The fraction of sp³-hybridized carbons (Fsp3) is 0.435. The monoisotopic (exact) mass is 384 g/mol. The van der Waals surface area contributed by atoms with E-state index in [1.807, 2.05) is 30.3 Å². The summed E-state index contributed by atoms with van der Waals surface area (Å²) < 4.78 is 27.8.